The van der Waals surface area contributed by atoms with E-state index in [1.54, 1.807) is 30.0 Å². The van der Waals surface area contributed by atoms with Crippen LogP contribution in [0.1, 0.15) is 24.0 Å². The third-order valence-corrected chi connectivity index (χ3v) is 6.89. The zero-order valence-electron chi connectivity index (χ0n) is 16.3. The molecule has 2 heterocycles. The van der Waals surface area contributed by atoms with E-state index >= 15 is 0 Å². The van der Waals surface area contributed by atoms with Gasteiger partial charge in [-0.05, 0) is 55.5 Å². The summed E-state index contributed by atoms with van der Waals surface area (Å²) in [6.07, 6.45) is 1.78. The number of hydrogen-bond donors (Lipinski definition) is 1. The topological polar surface area (TPSA) is 119 Å². The molecule has 0 saturated carbocycles. The van der Waals surface area contributed by atoms with Crippen molar-refractivity contribution in [3.8, 4) is 0 Å². The lowest BCUT2D eigenvalue weighted by Crippen LogP contribution is -2.37. The minimum atomic E-state index is -4.02. The number of benzene rings is 2. The lowest BCUT2D eigenvalue weighted by Gasteiger charge is -2.21. The number of carbonyl (C=O) groups is 1. The molecule has 1 amide bonds. The van der Waals surface area contributed by atoms with Gasteiger partial charge >= 0.3 is 0 Å². The number of fused-ring (bicyclic) bond motifs is 1. The van der Waals surface area contributed by atoms with Crippen LogP contribution in [-0.2, 0) is 26.0 Å². The SMILES string of the molecule is Cc1ccc([N+](=O)[O-])cc1S(=O)(=O)Nc1ccc2c(c1)CCN2C(=O)C1CCCO1. The van der Waals surface area contributed by atoms with Crippen LogP contribution in [0, 0.1) is 17.0 Å². The number of non-ortho nitro benzene ring substituents is 1. The molecule has 30 heavy (non-hydrogen) atoms. The maximum atomic E-state index is 12.8. The van der Waals surface area contributed by atoms with Gasteiger partial charge in [0.2, 0.25) is 0 Å². The molecule has 9 nitrogen and oxygen atoms in total. The summed E-state index contributed by atoms with van der Waals surface area (Å²) in [5.74, 6) is -0.0631. The molecule has 1 saturated heterocycles. The molecule has 0 aromatic heterocycles. The molecule has 1 atom stereocenters. The van der Waals surface area contributed by atoms with Crippen molar-refractivity contribution in [3.05, 3.63) is 57.6 Å². The standard InChI is InChI=1S/C20H21N3O6S/c1-13-4-6-16(23(25)26)12-19(13)30(27,28)21-15-5-7-17-14(11-15)8-9-22(17)20(24)18-3-2-10-29-18/h4-7,11-12,18,21H,2-3,8-10H2,1H3. The van der Waals surface area contributed by atoms with Crippen LogP contribution >= 0.6 is 0 Å². The molecule has 4 rings (SSSR count). The van der Waals surface area contributed by atoms with Crippen LogP contribution in [0.15, 0.2) is 41.3 Å². The zero-order valence-corrected chi connectivity index (χ0v) is 17.1. The average molecular weight is 431 g/mol. The van der Waals surface area contributed by atoms with Crippen molar-refractivity contribution >= 4 is 33.0 Å². The number of nitrogens with zero attached hydrogens (tertiary/aromatic N) is 2. The Morgan fingerprint density at radius 2 is 2.07 bits per heavy atom. The number of hydrogen-bond acceptors (Lipinski definition) is 6. The first-order valence-electron chi connectivity index (χ1n) is 9.60. The number of nitro groups is 1. The van der Waals surface area contributed by atoms with Crippen LogP contribution in [0.4, 0.5) is 17.1 Å². The molecular formula is C20H21N3O6S. The van der Waals surface area contributed by atoms with E-state index in [2.05, 4.69) is 4.72 Å². The second-order valence-electron chi connectivity index (χ2n) is 7.40. The maximum Gasteiger partial charge on any atom is 0.270 e. The molecular weight excluding hydrogens is 410 g/mol. The predicted molar refractivity (Wildman–Crippen MR) is 110 cm³/mol. The highest BCUT2D eigenvalue weighted by atomic mass is 32.2. The van der Waals surface area contributed by atoms with Gasteiger partial charge in [0, 0.05) is 36.7 Å². The van der Waals surface area contributed by atoms with Crippen molar-refractivity contribution in [2.24, 2.45) is 0 Å². The van der Waals surface area contributed by atoms with Gasteiger partial charge in [0.25, 0.3) is 21.6 Å². The number of sulfonamides is 1. The number of nitro benzene ring substituents is 1. The summed E-state index contributed by atoms with van der Waals surface area (Å²) in [4.78, 5) is 24.6. The van der Waals surface area contributed by atoms with Crippen molar-refractivity contribution in [2.75, 3.05) is 22.8 Å². The Labute approximate surface area is 173 Å². The normalized spacial score (nSPS) is 18.3. The minimum Gasteiger partial charge on any atom is -0.368 e. The Bertz CT molecular complexity index is 1130. The third kappa shape index (κ3) is 3.75. The van der Waals surface area contributed by atoms with Gasteiger partial charge in [0.05, 0.1) is 9.82 Å². The summed E-state index contributed by atoms with van der Waals surface area (Å²) in [5, 5.41) is 11.0. The first kappa shape index (κ1) is 20.3. The lowest BCUT2D eigenvalue weighted by molar-refractivity contribution is -0.385. The second kappa shape index (κ2) is 7.69. The Hall–Kier alpha value is -2.98. The van der Waals surface area contributed by atoms with Gasteiger partial charge in [-0.15, -0.1) is 0 Å². The quantitative estimate of drug-likeness (QED) is 0.574. The molecule has 2 aliphatic rings. The van der Waals surface area contributed by atoms with E-state index in [9.17, 15) is 23.3 Å². The fourth-order valence-electron chi connectivity index (χ4n) is 3.84. The van der Waals surface area contributed by atoms with Crippen molar-refractivity contribution in [1.82, 2.24) is 0 Å². The molecule has 0 radical (unpaired) electrons. The van der Waals surface area contributed by atoms with Crippen LogP contribution in [0.3, 0.4) is 0 Å². The fourth-order valence-corrected chi connectivity index (χ4v) is 5.16. The predicted octanol–water partition coefficient (Wildman–Crippen LogP) is 2.77. The average Bonchev–Trinajstić information content (AvgIpc) is 3.37. The van der Waals surface area contributed by atoms with E-state index in [-0.39, 0.29) is 16.5 Å². The van der Waals surface area contributed by atoms with E-state index in [1.165, 1.54) is 12.1 Å². The molecule has 0 spiro atoms. The van der Waals surface area contributed by atoms with Gasteiger partial charge in [-0.3, -0.25) is 19.6 Å². The van der Waals surface area contributed by atoms with Crippen LogP contribution in [0.2, 0.25) is 0 Å². The summed E-state index contributed by atoms with van der Waals surface area (Å²) in [7, 11) is -4.02. The van der Waals surface area contributed by atoms with Crippen molar-refractivity contribution < 1.29 is 22.9 Å². The zero-order chi connectivity index (χ0) is 21.5. The van der Waals surface area contributed by atoms with Gasteiger partial charge < -0.3 is 9.64 Å². The van der Waals surface area contributed by atoms with E-state index in [1.807, 2.05) is 0 Å². The van der Waals surface area contributed by atoms with Crippen molar-refractivity contribution in [1.29, 1.82) is 0 Å². The summed E-state index contributed by atoms with van der Waals surface area (Å²) in [5.41, 5.74) is 2.06. The van der Waals surface area contributed by atoms with E-state index in [0.717, 1.165) is 23.7 Å². The monoisotopic (exact) mass is 431 g/mol. The molecule has 158 valence electrons. The molecule has 2 aliphatic heterocycles. The van der Waals surface area contributed by atoms with Crippen molar-refractivity contribution in [3.63, 3.8) is 0 Å². The largest absolute Gasteiger partial charge is 0.368 e. The minimum absolute atomic E-state index is 0.0631. The van der Waals surface area contributed by atoms with Crippen LogP contribution in [0.25, 0.3) is 0 Å². The molecule has 10 heteroatoms. The highest BCUT2D eigenvalue weighted by Crippen LogP contribution is 2.33. The number of carbonyl (C=O) groups excluding carboxylic acids is 1. The fraction of sp³-hybridized carbons (Fsp3) is 0.350. The van der Waals surface area contributed by atoms with Gasteiger partial charge in [0.1, 0.15) is 6.10 Å². The Morgan fingerprint density at radius 3 is 2.77 bits per heavy atom. The molecule has 1 unspecified atom stereocenters. The van der Waals surface area contributed by atoms with Gasteiger partial charge in [-0.2, -0.15) is 0 Å². The molecule has 2 aromatic carbocycles. The van der Waals surface area contributed by atoms with E-state index in [0.29, 0.717) is 37.2 Å². The molecule has 2 aromatic rings. The Morgan fingerprint density at radius 1 is 1.27 bits per heavy atom. The summed E-state index contributed by atoms with van der Waals surface area (Å²) in [6, 6.07) is 8.72. The van der Waals surface area contributed by atoms with Gasteiger partial charge in [-0.1, -0.05) is 6.07 Å². The highest BCUT2D eigenvalue weighted by Gasteiger charge is 2.33. The summed E-state index contributed by atoms with van der Waals surface area (Å²) in [6.45, 7) is 2.69. The number of rotatable bonds is 5. The second-order valence-corrected chi connectivity index (χ2v) is 9.05. The van der Waals surface area contributed by atoms with E-state index in [4.69, 9.17) is 4.74 Å². The maximum absolute atomic E-state index is 12.8. The van der Waals surface area contributed by atoms with Gasteiger partial charge in [-0.25, -0.2) is 8.42 Å². The van der Waals surface area contributed by atoms with Gasteiger partial charge in [0.15, 0.2) is 0 Å². The van der Waals surface area contributed by atoms with Crippen molar-refractivity contribution in [2.45, 2.75) is 37.2 Å². The first-order chi connectivity index (χ1) is 14.3. The highest BCUT2D eigenvalue weighted by molar-refractivity contribution is 7.92. The number of anilines is 2. The summed E-state index contributed by atoms with van der Waals surface area (Å²) >= 11 is 0. The molecule has 0 bridgehead atoms. The van der Waals surface area contributed by atoms with Crippen LogP contribution in [0.5, 0.6) is 0 Å². The number of aryl methyl sites for hydroxylation is 1. The number of amides is 1. The van der Waals surface area contributed by atoms with E-state index < -0.39 is 21.1 Å². The Kier molecular flexibility index (Phi) is 5.20. The smallest absolute Gasteiger partial charge is 0.270 e. The third-order valence-electron chi connectivity index (χ3n) is 5.37. The number of ether oxygens (including phenoxy) is 1. The Balaban J connectivity index is 1.57. The summed E-state index contributed by atoms with van der Waals surface area (Å²) < 4.78 is 33.6. The lowest BCUT2D eigenvalue weighted by atomic mass is 10.1. The van der Waals surface area contributed by atoms with Crippen LogP contribution in [-0.4, -0.2) is 38.5 Å². The van der Waals surface area contributed by atoms with Crippen LogP contribution < -0.4 is 9.62 Å². The number of nitrogens with one attached hydrogen (secondary N) is 1. The molecule has 0 aliphatic carbocycles. The molecule has 1 fully saturated rings. The molecule has 1 N–H and O–H groups in total. The first-order valence-corrected chi connectivity index (χ1v) is 11.1.